The van der Waals surface area contributed by atoms with Crippen molar-refractivity contribution in [3.8, 4) is 11.1 Å². The third-order valence-corrected chi connectivity index (χ3v) is 7.49. The van der Waals surface area contributed by atoms with Crippen LogP contribution in [0.5, 0.6) is 0 Å². The summed E-state index contributed by atoms with van der Waals surface area (Å²) < 4.78 is 0. The monoisotopic (exact) mass is 578 g/mol. The third-order valence-electron chi connectivity index (χ3n) is 6.86. The Morgan fingerprint density at radius 1 is 0.975 bits per heavy atom. The molecular weight excluding hydrogens is 547 g/mol. The first-order valence-corrected chi connectivity index (χ1v) is 14.1. The molecule has 208 valence electrons. The van der Waals surface area contributed by atoms with Gasteiger partial charge in [0.2, 0.25) is 5.95 Å². The smallest absolute Gasteiger partial charge is 0.320 e. The number of fused-ring (bicyclic) bond motifs is 1. The third kappa shape index (κ3) is 7.17. The SMILES string of the molecule is CN1CCN(CCCNc2ncc3cc(-c4c(Cl)cccc4Cl)c(NC(=O)NCc4ccccc4)nc3n2)CC1. The zero-order chi connectivity index (χ0) is 27.9. The van der Waals surface area contributed by atoms with Crippen molar-refractivity contribution < 1.29 is 4.79 Å². The second-order valence-corrected chi connectivity index (χ2v) is 10.6. The van der Waals surface area contributed by atoms with Crippen molar-refractivity contribution in [1.29, 1.82) is 0 Å². The number of benzene rings is 2. The van der Waals surface area contributed by atoms with E-state index in [0.29, 0.717) is 50.5 Å². The van der Waals surface area contributed by atoms with E-state index in [-0.39, 0.29) is 0 Å². The van der Waals surface area contributed by atoms with E-state index in [4.69, 9.17) is 28.2 Å². The Labute approximate surface area is 243 Å². The number of urea groups is 1. The van der Waals surface area contributed by atoms with E-state index in [0.717, 1.165) is 51.3 Å². The summed E-state index contributed by atoms with van der Waals surface area (Å²) >= 11 is 13.1. The molecule has 0 spiro atoms. The van der Waals surface area contributed by atoms with Crippen molar-refractivity contribution in [2.45, 2.75) is 13.0 Å². The van der Waals surface area contributed by atoms with E-state index in [1.54, 1.807) is 24.4 Å². The standard InChI is InChI=1S/C29H32Cl2N8O/c1-38-13-15-39(16-14-38)12-6-11-32-28-33-19-21-17-22(25-23(30)9-5-10-24(25)31)27(35-26(21)36-28)37-29(40)34-18-20-7-3-2-4-8-20/h2-5,7-10,17,19H,6,11-16,18H2,1H3,(H3,32,33,34,35,36,37,40). The fourth-order valence-corrected chi connectivity index (χ4v) is 5.19. The summed E-state index contributed by atoms with van der Waals surface area (Å²) in [7, 11) is 2.16. The number of piperazine rings is 1. The van der Waals surface area contributed by atoms with Gasteiger partial charge in [0.25, 0.3) is 0 Å². The molecular formula is C29H32Cl2N8O. The maximum absolute atomic E-state index is 12.9. The van der Waals surface area contributed by atoms with Crippen LogP contribution in [-0.2, 0) is 6.54 Å². The van der Waals surface area contributed by atoms with Crippen molar-refractivity contribution in [3.05, 3.63) is 76.4 Å². The van der Waals surface area contributed by atoms with Gasteiger partial charge in [0, 0.05) is 62.0 Å². The van der Waals surface area contributed by atoms with Gasteiger partial charge in [-0.3, -0.25) is 5.32 Å². The van der Waals surface area contributed by atoms with Crippen LogP contribution < -0.4 is 16.0 Å². The first kappa shape index (κ1) is 28.0. The molecule has 1 aliphatic heterocycles. The van der Waals surface area contributed by atoms with Crippen LogP contribution in [0.2, 0.25) is 10.0 Å². The first-order valence-electron chi connectivity index (χ1n) is 13.3. The number of carbonyl (C=O) groups is 1. The van der Waals surface area contributed by atoms with Crippen LogP contribution in [0.25, 0.3) is 22.2 Å². The van der Waals surface area contributed by atoms with Gasteiger partial charge in [0.15, 0.2) is 5.65 Å². The van der Waals surface area contributed by atoms with Gasteiger partial charge in [-0.1, -0.05) is 59.6 Å². The molecule has 11 heteroatoms. The van der Waals surface area contributed by atoms with Gasteiger partial charge in [-0.2, -0.15) is 4.98 Å². The maximum atomic E-state index is 12.9. The van der Waals surface area contributed by atoms with E-state index < -0.39 is 6.03 Å². The molecule has 3 heterocycles. The van der Waals surface area contributed by atoms with E-state index >= 15 is 0 Å². The number of anilines is 2. The number of hydrogen-bond donors (Lipinski definition) is 3. The predicted molar refractivity (Wildman–Crippen MR) is 162 cm³/mol. The molecule has 0 saturated carbocycles. The number of halogens is 2. The average Bonchev–Trinajstić information content (AvgIpc) is 2.96. The molecule has 0 atom stereocenters. The molecule has 3 N–H and O–H groups in total. The van der Waals surface area contributed by atoms with Gasteiger partial charge in [0.05, 0.1) is 10.0 Å². The molecule has 0 aliphatic carbocycles. The summed E-state index contributed by atoms with van der Waals surface area (Å²) in [6, 6.07) is 16.4. The maximum Gasteiger partial charge on any atom is 0.320 e. The lowest BCUT2D eigenvalue weighted by molar-refractivity contribution is 0.154. The number of carbonyl (C=O) groups excluding carboxylic acids is 1. The summed E-state index contributed by atoms with van der Waals surface area (Å²) in [6.07, 6.45) is 2.70. The number of nitrogens with one attached hydrogen (secondary N) is 3. The summed E-state index contributed by atoms with van der Waals surface area (Å²) in [4.78, 5) is 31.5. The van der Waals surface area contributed by atoms with Gasteiger partial charge < -0.3 is 20.4 Å². The number of rotatable bonds is 9. The molecule has 1 fully saturated rings. The summed E-state index contributed by atoms with van der Waals surface area (Å²) in [5, 5.41) is 10.6. The Balaban J connectivity index is 1.34. The second kappa shape index (κ2) is 13.2. The van der Waals surface area contributed by atoms with Crippen molar-refractivity contribution in [2.75, 3.05) is 56.9 Å². The van der Waals surface area contributed by atoms with Crippen LogP contribution >= 0.6 is 23.2 Å². The van der Waals surface area contributed by atoms with Crippen molar-refractivity contribution >= 4 is 52.0 Å². The summed E-state index contributed by atoms with van der Waals surface area (Å²) in [5.41, 5.74) is 2.58. The van der Waals surface area contributed by atoms with Crippen LogP contribution in [0.4, 0.5) is 16.6 Å². The molecule has 40 heavy (non-hydrogen) atoms. The number of amides is 2. The highest BCUT2D eigenvalue weighted by molar-refractivity contribution is 6.39. The Morgan fingerprint density at radius 2 is 1.73 bits per heavy atom. The van der Waals surface area contributed by atoms with E-state index in [2.05, 4.69) is 42.8 Å². The number of pyridine rings is 1. The molecule has 0 unspecified atom stereocenters. The Kier molecular flexibility index (Phi) is 9.28. The zero-order valence-electron chi connectivity index (χ0n) is 22.3. The van der Waals surface area contributed by atoms with Crippen LogP contribution in [0, 0.1) is 0 Å². The predicted octanol–water partition coefficient (Wildman–Crippen LogP) is 5.37. The Morgan fingerprint density at radius 3 is 2.48 bits per heavy atom. The normalized spacial score (nSPS) is 14.3. The minimum absolute atomic E-state index is 0.299. The molecule has 5 rings (SSSR count). The lowest BCUT2D eigenvalue weighted by atomic mass is 10.0. The molecule has 0 radical (unpaired) electrons. The topological polar surface area (TPSA) is 98.3 Å². The van der Waals surface area contributed by atoms with Crippen molar-refractivity contribution in [3.63, 3.8) is 0 Å². The minimum Gasteiger partial charge on any atom is -0.354 e. The first-order chi connectivity index (χ1) is 19.5. The molecule has 0 bridgehead atoms. The molecule has 9 nitrogen and oxygen atoms in total. The fraction of sp³-hybridized carbons (Fsp3) is 0.310. The largest absolute Gasteiger partial charge is 0.354 e. The number of aromatic nitrogens is 3. The van der Waals surface area contributed by atoms with Crippen molar-refractivity contribution in [2.24, 2.45) is 0 Å². The summed E-state index contributed by atoms with van der Waals surface area (Å²) in [5.74, 6) is 0.786. The quantitative estimate of drug-likeness (QED) is 0.230. The molecule has 1 saturated heterocycles. The molecule has 4 aromatic rings. The van der Waals surface area contributed by atoms with Gasteiger partial charge in [0.1, 0.15) is 5.82 Å². The number of hydrogen-bond acceptors (Lipinski definition) is 7. The second-order valence-electron chi connectivity index (χ2n) is 9.81. The van der Waals surface area contributed by atoms with Gasteiger partial charge in [-0.15, -0.1) is 0 Å². The van der Waals surface area contributed by atoms with Gasteiger partial charge in [-0.05, 0) is 43.8 Å². The highest BCUT2D eigenvalue weighted by atomic mass is 35.5. The van der Waals surface area contributed by atoms with Crippen LogP contribution in [0.15, 0.2) is 60.8 Å². The van der Waals surface area contributed by atoms with Gasteiger partial charge in [-0.25, -0.2) is 14.8 Å². The van der Waals surface area contributed by atoms with E-state index in [9.17, 15) is 4.79 Å². The highest BCUT2D eigenvalue weighted by Gasteiger charge is 2.18. The lowest BCUT2D eigenvalue weighted by Gasteiger charge is -2.32. The molecule has 2 aromatic heterocycles. The van der Waals surface area contributed by atoms with Crippen LogP contribution in [0.3, 0.4) is 0 Å². The number of likely N-dealkylation sites (N-methyl/N-ethyl adjacent to an activating group) is 1. The van der Waals surface area contributed by atoms with Crippen LogP contribution in [0.1, 0.15) is 12.0 Å². The summed E-state index contributed by atoms with van der Waals surface area (Å²) in [6.45, 7) is 6.55. The molecule has 2 amide bonds. The van der Waals surface area contributed by atoms with E-state index in [1.807, 2.05) is 36.4 Å². The van der Waals surface area contributed by atoms with Crippen LogP contribution in [-0.4, -0.2) is 77.1 Å². The van der Waals surface area contributed by atoms with E-state index in [1.165, 1.54) is 0 Å². The fourth-order valence-electron chi connectivity index (χ4n) is 4.59. The lowest BCUT2D eigenvalue weighted by Crippen LogP contribution is -2.44. The number of nitrogens with zero attached hydrogens (tertiary/aromatic N) is 5. The Bertz CT molecular complexity index is 1440. The highest BCUT2D eigenvalue weighted by Crippen LogP contribution is 2.39. The Hall–Kier alpha value is -3.50. The van der Waals surface area contributed by atoms with Crippen molar-refractivity contribution in [1.82, 2.24) is 30.1 Å². The molecule has 2 aromatic carbocycles. The van der Waals surface area contributed by atoms with Gasteiger partial charge >= 0.3 is 6.03 Å². The minimum atomic E-state index is -0.406. The average molecular weight is 580 g/mol. The molecule has 1 aliphatic rings. The zero-order valence-corrected chi connectivity index (χ0v) is 23.8.